The van der Waals surface area contributed by atoms with Crippen molar-refractivity contribution in [3.63, 3.8) is 0 Å². The van der Waals surface area contributed by atoms with Gasteiger partial charge in [-0.1, -0.05) is 12.1 Å². The third kappa shape index (κ3) is 3.63. The molecule has 9 nitrogen and oxygen atoms in total. The van der Waals surface area contributed by atoms with Crippen molar-refractivity contribution in [3.05, 3.63) is 67.2 Å². The van der Waals surface area contributed by atoms with Gasteiger partial charge in [0.1, 0.15) is 0 Å². The number of non-ortho nitro benzene ring substituents is 1. The van der Waals surface area contributed by atoms with Gasteiger partial charge in [0.15, 0.2) is 4.90 Å². The van der Waals surface area contributed by atoms with E-state index in [0.29, 0.717) is 0 Å². The topological polar surface area (TPSA) is 132 Å². The van der Waals surface area contributed by atoms with Gasteiger partial charge >= 0.3 is 0 Å². The van der Waals surface area contributed by atoms with E-state index in [-0.39, 0.29) is 15.8 Å². The van der Waals surface area contributed by atoms with Crippen LogP contribution in [-0.2, 0) is 10.0 Å². The molecule has 11 heteroatoms. The maximum atomic E-state index is 12.3. The number of halogens is 1. The lowest BCUT2D eigenvalue weighted by molar-refractivity contribution is -0.387. The molecule has 0 aromatic heterocycles. The van der Waals surface area contributed by atoms with Crippen LogP contribution in [0.4, 0.5) is 17.1 Å². The maximum Gasteiger partial charge on any atom is 0.289 e. The molecule has 2 aromatic rings. The van der Waals surface area contributed by atoms with E-state index < -0.39 is 30.5 Å². The average molecular weight is 402 g/mol. The number of anilines is 1. The van der Waals surface area contributed by atoms with E-state index in [1.54, 1.807) is 0 Å². The molecule has 0 atom stereocenters. The van der Waals surface area contributed by atoms with E-state index in [9.17, 15) is 28.6 Å². The molecule has 0 saturated carbocycles. The molecule has 2 aromatic carbocycles. The summed E-state index contributed by atoms with van der Waals surface area (Å²) < 4.78 is 27.0. The number of benzene rings is 2. The number of hydrogen-bond donors (Lipinski definition) is 1. The molecule has 0 unspecified atom stereocenters. The van der Waals surface area contributed by atoms with E-state index in [0.717, 1.165) is 24.3 Å². The SMILES string of the molecule is O=[N+]([O-])c1ccc(NS(=O)(=O)c2ccccc2[N+](=O)[O-])c(Br)c1. The lowest BCUT2D eigenvalue weighted by atomic mass is 10.3. The molecule has 1 N–H and O–H groups in total. The molecule has 0 aliphatic heterocycles. The number of nitrogens with one attached hydrogen (secondary N) is 1. The molecule has 0 bridgehead atoms. The molecule has 0 heterocycles. The van der Waals surface area contributed by atoms with E-state index in [2.05, 4.69) is 20.7 Å². The third-order valence-corrected chi connectivity index (χ3v) is 4.83. The van der Waals surface area contributed by atoms with Crippen LogP contribution in [0.1, 0.15) is 0 Å². The highest BCUT2D eigenvalue weighted by atomic mass is 79.9. The highest BCUT2D eigenvalue weighted by Crippen LogP contribution is 2.31. The van der Waals surface area contributed by atoms with Crippen molar-refractivity contribution in [1.82, 2.24) is 0 Å². The predicted molar refractivity (Wildman–Crippen MR) is 84.7 cm³/mol. The Bertz CT molecular complexity index is 899. The number of nitrogens with zero attached hydrogens (tertiary/aromatic N) is 2. The Morgan fingerprint density at radius 1 is 1.00 bits per heavy atom. The first kappa shape index (κ1) is 16.8. The Kier molecular flexibility index (Phi) is 4.61. The highest BCUT2D eigenvalue weighted by Gasteiger charge is 2.26. The molecule has 0 aliphatic rings. The summed E-state index contributed by atoms with van der Waals surface area (Å²) in [5.41, 5.74) is -0.780. The molecular weight excluding hydrogens is 394 g/mol. The Hall–Kier alpha value is -2.53. The minimum Gasteiger partial charge on any atom is -0.278 e. The van der Waals surface area contributed by atoms with Crippen LogP contribution in [0.25, 0.3) is 0 Å². The lowest BCUT2D eigenvalue weighted by Crippen LogP contribution is -2.15. The monoisotopic (exact) mass is 401 g/mol. The third-order valence-electron chi connectivity index (χ3n) is 2.76. The number of rotatable bonds is 5. The van der Waals surface area contributed by atoms with Crippen LogP contribution in [0.5, 0.6) is 0 Å². The van der Waals surface area contributed by atoms with Gasteiger partial charge in [-0.05, 0) is 28.1 Å². The summed E-state index contributed by atoms with van der Waals surface area (Å²) in [6.45, 7) is 0. The van der Waals surface area contributed by atoms with Crippen molar-refractivity contribution < 1.29 is 18.3 Å². The van der Waals surface area contributed by atoms with Crippen molar-refractivity contribution in [3.8, 4) is 0 Å². The van der Waals surface area contributed by atoms with Gasteiger partial charge < -0.3 is 0 Å². The smallest absolute Gasteiger partial charge is 0.278 e. The van der Waals surface area contributed by atoms with E-state index in [1.165, 1.54) is 18.2 Å². The van der Waals surface area contributed by atoms with Gasteiger partial charge in [-0.2, -0.15) is 0 Å². The molecule has 0 aliphatic carbocycles. The maximum absolute atomic E-state index is 12.3. The van der Waals surface area contributed by atoms with Crippen LogP contribution in [0.3, 0.4) is 0 Å². The molecule has 2 rings (SSSR count). The van der Waals surface area contributed by atoms with Gasteiger partial charge in [-0.15, -0.1) is 0 Å². The molecule has 0 fully saturated rings. The van der Waals surface area contributed by atoms with Crippen LogP contribution in [0, 0.1) is 20.2 Å². The van der Waals surface area contributed by atoms with Gasteiger partial charge in [0, 0.05) is 22.7 Å². The van der Waals surface area contributed by atoms with Gasteiger partial charge in [-0.3, -0.25) is 25.0 Å². The van der Waals surface area contributed by atoms with Crippen molar-refractivity contribution in [2.45, 2.75) is 4.90 Å². The normalized spacial score (nSPS) is 11.0. The van der Waals surface area contributed by atoms with Crippen molar-refractivity contribution in [1.29, 1.82) is 0 Å². The predicted octanol–water partition coefficient (Wildman–Crippen LogP) is 3.07. The molecule has 0 saturated heterocycles. The Morgan fingerprint density at radius 3 is 2.22 bits per heavy atom. The molecule has 0 spiro atoms. The van der Waals surface area contributed by atoms with Gasteiger partial charge in [0.05, 0.1) is 15.5 Å². The zero-order valence-electron chi connectivity index (χ0n) is 11.2. The minimum atomic E-state index is -4.24. The molecule has 120 valence electrons. The van der Waals surface area contributed by atoms with Crippen molar-refractivity contribution >= 4 is 43.0 Å². The fraction of sp³-hybridized carbons (Fsp3) is 0. The summed E-state index contributed by atoms with van der Waals surface area (Å²) in [5, 5.41) is 21.6. The van der Waals surface area contributed by atoms with Crippen LogP contribution >= 0.6 is 15.9 Å². The van der Waals surface area contributed by atoms with Crippen LogP contribution < -0.4 is 4.72 Å². The molecule has 0 amide bonds. The van der Waals surface area contributed by atoms with Crippen LogP contribution in [0.15, 0.2) is 51.8 Å². The summed E-state index contributed by atoms with van der Waals surface area (Å²) in [6, 6.07) is 8.29. The second-order valence-electron chi connectivity index (χ2n) is 4.25. The zero-order chi connectivity index (χ0) is 17.2. The van der Waals surface area contributed by atoms with Crippen molar-refractivity contribution in [2.24, 2.45) is 0 Å². The summed E-state index contributed by atoms with van der Waals surface area (Å²) in [6.07, 6.45) is 0. The second-order valence-corrected chi connectivity index (χ2v) is 6.76. The van der Waals surface area contributed by atoms with Gasteiger partial charge in [0.25, 0.3) is 21.4 Å². The number of para-hydroxylation sites is 1. The largest absolute Gasteiger partial charge is 0.289 e. The fourth-order valence-electron chi connectivity index (χ4n) is 1.74. The first-order chi connectivity index (χ1) is 10.7. The van der Waals surface area contributed by atoms with Crippen molar-refractivity contribution in [2.75, 3.05) is 4.72 Å². The average Bonchev–Trinajstić information content (AvgIpc) is 2.49. The standard InChI is InChI=1S/C12H8BrN3O6S/c13-9-7-8(15(17)18)5-6-10(9)14-23(21,22)12-4-2-1-3-11(12)16(19)20/h1-7,14H. The first-order valence-corrected chi connectivity index (χ1v) is 8.20. The number of hydrogen-bond acceptors (Lipinski definition) is 6. The van der Waals surface area contributed by atoms with E-state index in [4.69, 9.17) is 0 Å². The first-order valence-electron chi connectivity index (χ1n) is 5.92. The summed E-state index contributed by atoms with van der Waals surface area (Å²) >= 11 is 3.02. The highest BCUT2D eigenvalue weighted by molar-refractivity contribution is 9.10. The summed E-state index contributed by atoms with van der Waals surface area (Å²) in [5.74, 6) is 0. The molecule has 23 heavy (non-hydrogen) atoms. The lowest BCUT2D eigenvalue weighted by Gasteiger charge is -2.09. The Morgan fingerprint density at radius 2 is 1.65 bits per heavy atom. The second kappa shape index (κ2) is 6.30. The van der Waals surface area contributed by atoms with Gasteiger partial charge in [0.2, 0.25) is 0 Å². The zero-order valence-corrected chi connectivity index (χ0v) is 13.6. The molecule has 0 radical (unpaired) electrons. The van der Waals surface area contributed by atoms with Crippen LogP contribution in [-0.4, -0.2) is 18.3 Å². The van der Waals surface area contributed by atoms with Crippen LogP contribution in [0.2, 0.25) is 0 Å². The number of nitro groups is 2. The number of sulfonamides is 1. The van der Waals surface area contributed by atoms with E-state index >= 15 is 0 Å². The van der Waals surface area contributed by atoms with E-state index in [1.807, 2.05) is 0 Å². The van der Waals surface area contributed by atoms with Gasteiger partial charge in [-0.25, -0.2) is 8.42 Å². The quantitative estimate of drug-likeness (QED) is 0.604. The Labute approximate surface area is 138 Å². The summed E-state index contributed by atoms with van der Waals surface area (Å²) in [4.78, 5) is 19.7. The summed E-state index contributed by atoms with van der Waals surface area (Å²) in [7, 11) is -4.24. The Balaban J connectivity index is 2.44. The number of nitro benzene ring substituents is 2. The molecular formula is C12H8BrN3O6S. The fourth-order valence-corrected chi connectivity index (χ4v) is 3.59. The minimum absolute atomic E-state index is 0.0220.